The summed E-state index contributed by atoms with van der Waals surface area (Å²) in [6, 6.07) is 1.52. The predicted octanol–water partition coefficient (Wildman–Crippen LogP) is 1.05. The average molecular weight is 256 g/mol. The Morgan fingerprint density at radius 2 is 2.11 bits per heavy atom. The Morgan fingerprint density at radius 3 is 2.72 bits per heavy atom. The van der Waals surface area contributed by atoms with Crippen LogP contribution in [0, 0.1) is 17.6 Å². The minimum atomic E-state index is -0.972. The predicted molar refractivity (Wildman–Crippen MR) is 61.8 cm³/mol. The zero-order valence-corrected chi connectivity index (χ0v) is 9.62. The van der Waals surface area contributed by atoms with Gasteiger partial charge in [-0.2, -0.15) is 0 Å². The zero-order chi connectivity index (χ0) is 13.3. The molecule has 1 atom stereocenters. The summed E-state index contributed by atoms with van der Waals surface area (Å²) in [7, 11) is 0. The number of hydrogen-bond donors (Lipinski definition) is 3. The number of aliphatic hydroxyl groups is 1. The fourth-order valence-electron chi connectivity index (χ4n) is 1.68. The molecule has 0 aliphatic heterocycles. The number of halogens is 2. The van der Waals surface area contributed by atoms with Crippen molar-refractivity contribution in [1.82, 2.24) is 5.32 Å². The number of anilines is 1. The van der Waals surface area contributed by atoms with Crippen LogP contribution in [0.3, 0.4) is 0 Å². The molecule has 0 spiro atoms. The van der Waals surface area contributed by atoms with E-state index in [1.165, 1.54) is 0 Å². The van der Waals surface area contributed by atoms with Crippen LogP contribution in [0.1, 0.15) is 23.2 Å². The van der Waals surface area contributed by atoms with Crippen molar-refractivity contribution in [3.8, 4) is 0 Å². The quantitative estimate of drug-likeness (QED) is 0.705. The van der Waals surface area contributed by atoms with Gasteiger partial charge in [0.15, 0.2) is 0 Å². The van der Waals surface area contributed by atoms with Crippen LogP contribution in [0.4, 0.5) is 14.5 Å². The van der Waals surface area contributed by atoms with Gasteiger partial charge in [0.2, 0.25) is 0 Å². The highest BCUT2D eigenvalue weighted by Crippen LogP contribution is 2.32. The molecule has 1 fully saturated rings. The van der Waals surface area contributed by atoms with Crippen LogP contribution in [0.2, 0.25) is 0 Å². The second-order valence-electron chi connectivity index (χ2n) is 4.47. The van der Waals surface area contributed by atoms with E-state index in [9.17, 15) is 18.7 Å². The van der Waals surface area contributed by atoms with Crippen molar-refractivity contribution in [3.05, 3.63) is 29.3 Å². The largest absolute Gasteiger partial charge is 0.396 e. The number of nitrogens with two attached hydrogens (primary N) is 1. The molecule has 1 amide bonds. The van der Waals surface area contributed by atoms with Gasteiger partial charge in [-0.3, -0.25) is 4.79 Å². The number of carbonyl (C=O) groups excluding carboxylic acids is 1. The van der Waals surface area contributed by atoms with Crippen molar-refractivity contribution >= 4 is 11.6 Å². The van der Waals surface area contributed by atoms with Gasteiger partial charge in [0.1, 0.15) is 11.6 Å². The Hall–Kier alpha value is -1.69. The van der Waals surface area contributed by atoms with Crippen LogP contribution in [0.5, 0.6) is 0 Å². The van der Waals surface area contributed by atoms with Gasteiger partial charge in [0.05, 0.1) is 17.4 Å². The van der Waals surface area contributed by atoms with Gasteiger partial charge in [-0.25, -0.2) is 8.78 Å². The molecule has 2 rings (SSSR count). The van der Waals surface area contributed by atoms with Gasteiger partial charge >= 0.3 is 0 Å². The van der Waals surface area contributed by atoms with Crippen molar-refractivity contribution < 1.29 is 18.7 Å². The Kier molecular flexibility index (Phi) is 3.47. The Morgan fingerprint density at radius 1 is 1.44 bits per heavy atom. The highest BCUT2D eigenvalue weighted by atomic mass is 19.1. The molecule has 1 aliphatic carbocycles. The molecule has 6 heteroatoms. The second-order valence-corrected chi connectivity index (χ2v) is 4.47. The average Bonchev–Trinajstić information content (AvgIpc) is 3.14. The number of nitrogen functional groups attached to an aromatic ring is 1. The summed E-state index contributed by atoms with van der Waals surface area (Å²) < 4.78 is 26.3. The van der Waals surface area contributed by atoms with E-state index in [0.717, 1.165) is 18.9 Å². The lowest BCUT2D eigenvalue weighted by Crippen LogP contribution is -2.33. The summed E-state index contributed by atoms with van der Waals surface area (Å²) >= 11 is 0. The molecule has 4 nitrogen and oxygen atoms in total. The third-order valence-corrected chi connectivity index (χ3v) is 2.97. The van der Waals surface area contributed by atoms with Crippen molar-refractivity contribution in [2.24, 2.45) is 5.92 Å². The SMILES string of the molecule is Nc1cc(C(=O)NCC(O)C2CC2)c(F)cc1F. The van der Waals surface area contributed by atoms with E-state index in [0.29, 0.717) is 6.07 Å². The van der Waals surface area contributed by atoms with Crippen LogP contribution in [0.15, 0.2) is 12.1 Å². The highest BCUT2D eigenvalue weighted by molar-refractivity contribution is 5.95. The number of benzene rings is 1. The Labute approximate surface area is 103 Å². The van der Waals surface area contributed by atoms with Crippen LogP contribution in [-0.4, -0.2) is 23.7 Å². The summed E-state index contributed by atoms with van der Waals surface area (Å²) in [6.07, 6.45) is 1.26. The third-order valence-electron chi connectivity index (χ3n) is 2.97. The molecule has 0 aromatic heterocycles. The molecule has 0 radical (unpaired) electrons. The lowest BCUT2D eigenvalue weighted by Gasteiger charge is -2.11. The summed E-state index contributed by atoms with van der Waals surface area (Å²) in [4.78, 5) is 11.6. The van der Waals surface area contributed by atoms with Gasteiger partial charge in [-0.1, -0.05) is 0 Å². The maximum absolute atomic E-state index is 13.4. The maximum Gasteiger partial charge on any atom is 0.254 e. The second kappa shape index (κ2) is 4.89. The topological polar surface area (TPSA) is 75.4 Å². The third kappa shape index (κ3) is 2.76. The Bertz CT molecular complexity index is 475. The normalized spacial score (nSPS) is 16.4. The van der Waals surface area contributed by atoms with E-state index >= 15 is 0 Å². The van der Waals surface area contributed by atoms with E-state index in [4.69, 9.17) is 5.73 Å². The van der Waals surface area contributed by atoms with Gasteiger partial charge in [0, 0.05) is 12.6 Å². The summed E-state index contributed by atoms with van der Waals surface area (Å²) in [5.41, 5.74) is 4.66. The van der Waals surface area contributed by atoms with E-state index in [2.05, 4.69) is 5.32 Å². The maximum atomic E-state index is 13.4. The number of aliphatic hydroxyl groups excluding tert-OH is 1. The Balaban J connectivity index is 2.01. The van der Waals surface area contributed by atoms with Gasteiger partial charge < -0.3 is 16.2 Å². The van der Waals surface area contributed by atoms with Crippen LogP contribution >= 0.6 is 0 Å². The van der Waals surface area contributed by atoms with Crippen molar-refractivity contribution in [3.63, 3.8) is 0 Å². The molecule has 1 saturated carbocycles. The van der Waals surface area contributed by atoms with E-state index < -0.39 is 23.6 Å². The fraction of sp³-hybridized carbons (Fsp3) is 0.417. The number of amides is 1. The number of nitrogens with one attached hydrogen (secondary N) is 1. The summed E-state index contributed by atoms with van der Waals surface area (Å²) in [5.74, 6) is -2.37. The standard InChI is InChI=1S/C12H14F2N2O2/c13-8-4-9(14)10(15)3-7(8)12(18)16-5-11(17)6-1-2-6/h3-4,6,11,17H,1-2,5,15H2,(H,16,18). The summed E-state index contributed by atoms with van der Waals surface area (Å²) in [5, 5.41) is 12.0. The van der Waals surface area contributed by atoms with E-state index in [1.807, 2.05) is 0 Å². The molecule has 1 unspecified atom stereocenters. The zero-order valence-electron chi connectivity index (χ0n) is 9.62. The van der Waals surface area contributed by atoms with Gasteiger partial charge in [-0.15, -0.1) is 0 Å². The van der Waals surface area contributed by atoms with E-state index in [-0.39, 0.29) is 23.7 Å². The number of carbonyl (C=O) groups is 1. The number of rotatable bonds is 4. The summed E-state index contributed by atoms with van der Waals surface area (Å²) in [6.45, 7) is 0.0558. The van der Waals surface area contributed by atoms with Gasteiger partial charge in [-0.05, 0) is 24.8 Å². The molecule has 0 bridgehead atoms. The number of hydrogen-bond acceptors (Lipinski definition) is 3. The molecular weight excluding hydrogens is 242 g/mol. The minimum Gasteiger partial charge on any atom is -0.396 e. The molecular formula is C12H14F2N2O2. The molecule has 0 saturated heterocycles. The first-order valence-electron chi connectivity index (χ1n) is 5.70. The first kappa shape index (κ1) is 12.8. The molecule has 1 aromatic rings. The molecule has 1 aliphatic rings. The van der Waals surface area contributed by atoms with Crippen LogP contribution < -0.4 is 11.1 Å². The highest BCUT2D eigenvalue weighted by Gasteiger charge is 2.30. The van der Waals surface area contributed by atoms with Crippen LogP contribution in [0.25, 0.3) is 0 Å². The first-order chi connectivity index (χ1) is 8.49. The van der Waals surface area contributed by atoms with Gasteiger partial charge in [0.25, 0.3) is 5.91 Å². The van der Waals surface area contributed by atoms with Crippen molar-refractivity contribution in [2.45, 2.75) is 18.9 Å². The lowest BCUT2D eigenvalue weighted by molar-refractivity contribution is 0.0897. The lowest BCUT2D eigenvalue weighted by atomic mass is 10.1. The molecule has 1 aromatic carbocycles. The first-order valence-corrected chi connectivity index (χ1v) is 5.70. The van der Waals surface area contributed by atoms with E-state index in [1.54, 1.807) is 0 Å². The van der Waals surface area contributed by atoms with Crippen molar-refractivity contribution in [1.29, 1.82) is 0 Å². The smallest absolute Gasteiger partial charge is 0.254 e. The molecule has 98 valence electrons. The van der Waals surface area contributed by atoms with Crippen LogP contribution in [-0.2, 0) is 0 Å². The molecule has 4 N–H and O–H groups in total. The molecule has 18 heavy (non-hydrogen) atoms. The van der Waals surface area contributed by atoms with Crippen molar-refractivity contribution in [2.75, 3.05) is 12.3 Å². The fourth-order valence-corrected chi connectivity index (χ4v) is 1.68. The minimum absolute atomic E-state index is 0.0558. The monoisotopic (exact) mass is 256 g/mol. The molecule has 0 heterocycles.